The maximum absolute atomic E-state index is 12.7. The van der Waals surface area contributed by atoms with Crippen molar-refractivity contribution >= 4 is 22.1 Å². The first kappa shape index (κ1) is 16.8. The maximum Gasteiger partial charge on any atom is 0.255 e. The van der Waals surface area contributed by atoms with Gasteiger partial charge in [0.25, 0.3) is 5.91 Å². The molecule has 0 unspecified atom stereocenters. The number of hydrogen-bond acceptors (Lipinski definition) is 4. The Kier molecular flexibility index (Phi) is 5.56. The molecule has 2 rings (SSSR count). The van der Waals surface area contributed by atoms with E-state index in [0.717, 1.165) is 0 Å². The van der Waals surface area contributed by atoms with Gasteiger partial charge >= 0.3 is 0 Å². The number of rotatable bonds is 6. The summed E-state index contributed by atoms with van der Waals surface area (Å²) in [6.07, 6.45) is 1.32. The van der Waals surface area contributed by atoms with E-state index in [4.69, 9.17) is 0 Å². The minimum Gasteiger partial charge on any atom is -0.272 e. The van der Waals surface area contributed by atoms with Gasteiger partial charge in [-0.15, -0.1) is 0 Å². The van der Waals surface area contributed by atoms with Crippen molar-refractivity contribution in [2.75, 3.05) is 6.54 Å². The molecule has 0 radical (unpaired) electrons. The summed E-state index contributed by atoms with van der Waals surface area (Å²) in [6, 6.07) is 13.2. The molecule has 120 valence electrons. The monoisotopic (exact) mass is 335 g/mol. The van der Waals surface area contributed by atoms with Gasteiger partial charge in [0.05, 0.1) is 17.7 Å². The summed E-state index contributed by atoms with van der Waals surface area (Å²) in [6.45, 7) is -0.446. The van der Waals surface area contributed by atoms with E-state index in [9.17, 15) is 17.6 Å². The Morgan fingerprint density at radius 3 is 2.39 bits per heavy atom. The van der Waals surface area contributed by atoms with Gasteiger partial charge < -0.3 is 0 Å². The van der Waals surface area contributed by atoms with Gasteiger partial charge in [0.2, 0.25) is 10.0 Å². The quantitative estimate of drug-likeness (QED) is 0.615. The zero-order valence-corrected chi connectivity index (χ0v) is 12.8. The van der Waals surface area contributed by atoms with Gasteiger partial charge in [0.15, 0.2) is 0 Å². The second kappa shape index (κ2) is 7.61. The highest BCUT2D eigenvalue weighted by molar-refractivity contribution is 7.89. The lowest BCUT2D eigenvalue weighted by molar-refractivity contribution is -0.119. The Morgan fingerprint density at radius 2 is 1.74 bits per heavy atom. The summed E-state index contributed by atoms with van der Waals surface area (Å²) in [5, 5.41) is 3.66. The van der Waals surface area contributed by atoms with Gasteiger partial charge in [0, 0.05) is 0 Å². The van der Waals surface area contributed by atoms with Crippen molar-refractivity contribution in [1.82, 2.24) is 10.1 Å². The summed E-state index contributed by atoms with van der Waals surface area (Å²) in [7, 11) is -3.74. The third-order valence-corrected chi connectivity index (χ3v) is 4.17. The highest BCUT2D eigenvalue weighted by atomic mass is 32.2. The zero-order chi connectivity index (χ0) is 16.7. The van der Waals surface area contributed by atoms with Crippen LogP contribution in [0.4, 0.5) is 4.39 Å². The lowest BCUT2D eigenvalue weighted by Gasteiger charge is -2.05. The molecule has 6 nitrogen and oxygen atoms in total. The molecule has 23 heavy (non-hydrogen) atoms. The summed E-state index contributed by atoms with van der Waals surface area (Å²) < 4.78 is 38.7. The van der Waals surface area contributed by atoms with Gasteiger partial charge in [-0.3, -0.25) is 4.79 Å². The van der Waals surface area contributed by atoms with E-state index >= 15 is 0 Å². The average molecular weight is 335 g/mol. The largest absolute Gasteiger partial charge is 0.272 e. The van der Waals surface area contributed by atoms with Gasteiger partial charge in [-0.2, -0.15) is 5.10 Å². The maximum atomic E-state index is 12.7. The van der Waals surface area contributed by atoms with Crippen molar-refractivity contribution in [2.24, 2.45) is 5.10 Å². The average Bonchev–Trinajstić information content (AvgIpc) is 2.56. The van der Waals surface area contributed by atoms with Crippen LogP contribution in [-0.2, 0) is 14.8 Å². The standard InChI is InChI=1S/C15H14FN3O3S/c16-13-8-6-12(7-9-13)10-17-19-15(20)11-18-23(21,22)14-4-2-1-3-5-14/h1-10,18H,11H2,(H,19,20)/b17-10-. The predicted molar refractivity (Wildman–Crippen MR) is 83.8 cm³/mol. The second-order valence-electron chi connectivity index (χ2n) is 4.48. The Morgan fingerprint density at radius 1 is 1.09 bits per heavy atom. The van der Waals surface area contributed by atoms with Crippen molar-refractivity contribution in [2.45, 2.75) is 4.90 Å². The Hall–Kier alpha value is -2.58. The normalized spacial score (nSPS) is 11.5. The van der Waals surface area contributed by atoms with Crippen LogP contribution in [0.3, 0.4) is 0 Å². The smallest absolute Gasteiger partial charge is 0.255 e. The minimum atomic E-state index is -3.74. The van der Waals surface area contributed by atoms with Crippen molar-refractivity contribution in [3.8, 4) is 0 Å². The van der Waals surface area contributed by atoms with Crippen LogP contribution in [0.5, 0.6) is 0 Å². The molecule has 2 aromatic carbocycles. The van der Waals surface area contributed by atoms with Crippen LogP contribution in [-0.4, -0.2) is 27.1 Å². The molecule has 8 heteroatoms. The summed E-state index contributed by atoms with van der Waals surface area (Å²) in [5.41, 5.74) is 2.77. The third kappa shape index (κ3) is 5.28. The lowest BCUT2D eigenvalue weighted by Crippen LogP contribution is -2.34. The molecule has 1 amide bonds. The number of sulfonamides is 1. The van der Waals surface area contributed by atoms with Gasteiger partial charge in [-0.05, 0) is 29.8 Å². The van der Waals surface area contributed by atoms with Crippen LogP contribution >= 0.6 is 0 Å². The number of nitrogens with zero attached hydrogens (tertiary/aromatic N) is 1. The number of hydrogen-bond donors (Lipinski definition) is 2. The molecule has 2 aromatic rings. The Bertz CT molecular complexity index is 790. The van der Waals surface area contributed by atoms with E-state index < -0.39 is 22.5 Å². The molecule has 0 bridgehead atoms. The summed E-state index contributed by atoms with van der Waals surface area (Å²) >= 11 is 0. The van der Waals surface area contributed by atoms with E-state index in [1.165, 1.54) is 42.6 Å². The number of carbonyl (C=O) groups is 1. The zero-order valence-electron chi connectivity index (χ0n) is 11.9. The van der Waals surface area contributed by atoms with Crippen LogP contribution < -0.4 is 10.1 Å². The number of benzene rings is 2. The molecule has 0 atom stereocenters. The first-order valence-corrected chi connectivity index (χ1v) is 8.08. The number of amides is 1. The van der Waals surface area contributed by atoms with Crippen LogP contribution in [0.15, 0.2) is 64.6 Å². The van der Waals surface area contributed by atoms with Crippen molar-refractivity contribution in [1.29, 1.82) is 0 Å². The molecule has 0 aliphatic carbocycles. The first-order chi connectivity index (χ1) is 11.0. The molecule has 0 aromatic heterocycles. The Labute approximate surface area is 133 Å². The topological polar surface area (TPSA) is 87.6 Å². The lowest BCUT2D eigenvalue weighted by atomic mass is 10.2. The fourth-order valence-corrected chi connectivity index (χ4v) is 2.61. The van der Waals surface area contributed by atoms with E-state index in [-0.39, 0.29) is 10.7 Å². The number of halogens is 1. The highest BCUT2D eigenvalue weighted by Crippen LogP contribution is 2.06. The predicted octanol–water partition coefficient (Wildman–Crippen LogP) is 1.25. The van der Waals surface area contributed by atoms with Crippen molar-refractivity contribution in [3.63, 3.8) is 0 Å². The summed E-state index contributed by atoms with van der Waals surface area (Å²) in [5.74, 6) is -0.996. The van der Waals surface area contributed by atoms with Crippen molar-refractivity contribution in [3.05, 3.63) is 66.0 Å². The van der Waals surface area contributed by atoms with Crippen LogP contribution in [0.1, 0.15) is 5.56 Å². The van der Waals surface area contributed by atoms with E-state index in [1.807, 2.05) is 0 Å². The molecular formula is C15H14FN3O3S. The third-order valence-electron chi connectivity index (χ3n) is 2.75. The SMILES string of the molecule is O=C(CNS(=O)(=O)c1ccccc1)N/N=C\c1ccc(F)cc1. The molecular weight excluding hydrogens is 321 g/mol. The molecule has 0 saturated heterocycles. The molecule has 0 aliphatic heterocycles. The highest BCUT2D eigenvalue weighted by Gasteiger charge is 2.14. The second-order valence-corrected chi connectivity index (χ2v) is 6.25. The first-order valence-electron chi connectivity index (χ1n) is 6.59. The molecule has 2 N–H and O–H groups in total. The summed E-state index contributed by atoms with van der Waals surface area (Å²) in [4.78, 5) is 11.6. The van der Waals surface area contributed by atoms with Crippen molar-refractivity contribution < 1.29 is 17.6 Å². The molecule has 0 spiro atoms. The van der Waals surface area contributed by atoms with Gasteiger partial charge in [-0.25, -0.2) is 23.0 Å². The van der Waals surface area contributed by atoms with E-state index in [0.29, 0.717) is 5.56 Å². The number of carbonyl (C=O) groups excluding carboxylic acids is 1. The minimum absolute atomic E-state index is 0.0719. The van der Waals surface area contributed by atoms with Crippen LogP contribution in [0.2, 0.25) is 0 Å². The Balaban J connectivity index is 1.84. The molecule has 0 fully saturated rings. The van der Waals surface area contributed by atoms with Gasteiger partial charge in [-0.1, -0.05) is 30.3 Å². The van der Waals surface area contributed by atoms with Crippen LogP contribution in [0.25, 0.3) is 0 Å². The fraction of sp³-hybridized carbons (Fsp3) is 0.0667. The number of hydrazone groups is 1. The number of nitrogens with one attached hydrogen (secondary N) is 2. The molecule has 0 aliphatic rings. The van der Waals surface area contributed by atoms with Gasteiger partial charge in [0.1, 0.15) is 5.82 Å². The fourth-order valence-electron chi connectivity index (χ4n) is 1.61. The van der Waals surface area contributed by atoms with E-state index in [1.54, 1.807) is 18.2 Å². The molecule has 0 heterocycles. The molecule has 0 saturated carbocycles. The van der Waals surface area contributed by atoms with E-state index in [2.05, 4.69) is 15.2 Å². The van der Waals surface area contributed by atoms with Crippen LogP contribution in [0, 0.1) is 5.82 Å².